The van der Waals surface area contributed by atoms with E-state index in [4.69, 9.17) is 4.74 Å². The fraction of sp³-hybridized carbons (Fsp3) is 0.727. The first-order valence-electron chi connectivity index (χ1n) is 10.6. The number of aromatic hydroxyl groups is 1. The zero-order chi connectivity index (χ0) is 19.3. The van der Waals surface area contributed by atoms with Gasteiger partial charge in [0.25, 0.3) is 0 Å². The van der Waals surface area contributed by atoms with E-state index in [0.717, 1.165) is 38.5 Å². The molecule has 0 heterocycles. The molecule has 0 radical (unpaired) electrons. The minimum Gasteiger partial charge on any atom is -0.508 e. The van der Waals surface area contributed by atoms with E-state index in [9.17, 15) is 15.3 Å². The Hall–Kier alpha value is -1.14. The molecule has 1 unspecified atom stereocenters. The molecule has 1 atom stereocenters. The normalized spacial score (nSPS) is 16.5. The highest BCUT2D eigenvalue weighted by molar-refractivity contribution is 5.36. The second-order valence-corrected chi connectivity index (χ2v) is 7.76. The molecule has 1 aromatic rings. The third kappa shape index (κ3) is 8.60. The first kappa shape index (κ1) is 22.2. The van der Waals surface area contributed by atoms with Crippen molar-refractivity contribution < 1.29 is 20.1 Å². The fourth-order valence-electron chi connectivity index (χ4n) is 3.71. The maximum atomic E-state index is 10.2. The van der Waals surface area contributed by atoms with Gasteiger partial charge in [0.2, 0.25) is 0 Å². The first-order valence-corrected chi connectivity index (χ1v) is 10.6. The highest BCUT2D eigenvalue weighted by Crippen LogP contribution is 2.24. The zero-order valence-electron chi connectivity index (χ0n) is 16.5. The SMILES string of the molecule is OCc1cc(C(O)CNCCCCCCOCC2CCCCC2)ccc1O. The predicted molar refractivity (Wildman–Crippen MR) is 108 cm³/mol. The van der Waals surface area contributed by atoms with E-state index in [0.29, 0.717) is 17.7 Å². The van der Waals surface area contributed by atoms with Gasteiger partial charge in [0.05, 0.1) is 12.7 Å². The number of aliphatic hydroxyl groups excluding tert-OH is 2. The average Bonchev–Trinajstić information content (AvgIpc) is 2.70. The molecular weight excluding hydrogens is 342 g/mol. The molecule has 4 N–H and O–H groups in total. The summed E-state index contributed by atoms with van der Waals surface area (Å²) in [7, 11) is 0. The number of benzene rings is 1. The lowest BCUT2D eigenvalue weighted by molar-refractivity contribution is 0.0824. The van der Waals surface area contributed by atoms with Gasteiger partial charge in [-0.15, -0.1) is 0 Å². The molecule has 1 aromatic carbocycles. The monoisotopic (exact) mass is 379 g/mol. The number of phenols is 1. The van der Waals surface area contributed by atoms with Gasteiger partial charge in [-0.3, -0.25) is 0 Å². The van der Waals surface area contributed by atoms with E-state index >= 15 is 0 Å². The molecule has 0 bridgehead atoms. The minimum absolute atomic E-state index is 0.0594. The summed E-state index contributed by atoms with van der Waals surface area (Å²) in [5, 5.41) is 32.2. The molecule has 5 heteroatoms. The molecule has 1 saturated carbocycles. The number of aliphatic hydroxyl groups is 2. The van der Waals surface area contributed by atoms with Gasteiger partial charge in [-0.25, -0.2) is 0 Å². The molecule has 27 heavy (non-hydrogen) atoms. The third-order valence-corrected chi connectivity index (χ3v) is 5.47. The van der Waals surface area contributed by atoms with Crippen molar-refractivity contribution >= 4 is 0 Å². The molecule has 154 valence electrons. The number of hydrogen-bond donors (Lipinski definition) is 4. The van der Waals surface area contributed by atoms with Crippen molar-refractivity contribution in [1.29, 1.82) is 0 Å². The van der Waals surface area contributed by atoms with E-state index in [2.05, 4.69) is 5.32 Å². The summed E-state index contributed by atoms with van der Waals surface area (Å²) in [4.78, 5) is 0. The molecule has 1 fully saturated rings. The zero-order valence-corrected chi connectivity index (χ0v) is 16.5. The molecule has 0 aliphatic heterocycles. The van der Waals surface area contributed by atoms with Crippen molar-refractivity contribution in [3.8, 4) is 5.75 Å². The summed E-state index contributed by atoms with van der Waals surface area (Å²) < 4.78 is 5.82. The fourth-order valence-corrected chi connectivity index (χ4v) is 3.71. The molecule has 0 aromatic heterocycles. The number of ether oxygens (including phenoxy) is 1. The van der Waals surface area contributed by atoms with E-state index in [-0.39, 0.29) is 12.4 Å². The number of hydrogen-bond acceptors (Lipinski definition) is 5. The Morgan fingerprint density at radius 2 is 1.85 bits per heavy atom. The van der Waals surface area contributed by atoms with Crippen molar-refractivity contribution in [3.63, 3.8) is 0 Å². The molecule has 0 spiro atoms. The van der Waals surface area contributed by atoms with Crippen LogP contribution in [0.4, 0.5) is 0 Å². The standard InChI is InChI=1S/C22H37NO4/c24-16-20-14-19(10-11-21(20)25)22(26)15-23-12-6-1-2-7-13-27-17-18-8-4-3-5-9-18/h10-11,14,18,22-26H,1-9,12-13,15-17H2. The first-order chi connectivity index (χ1) is 13.2. The van der Waals surface area contributed by atoms with Gasteiger partial charge in [0.15, 0.2) is 0 Å². The van der Waals surface area contributed by atoms with Gasteiger partial charge in [-0.1, -0.05) is 38.2 Å². The Morgan fingerprint density at radius 1 is 1.07 bits per heavy atom. The maximum Gasteiger partial charge on any atom is 0.121 e. The molecule has 0 amide bonds. The lowest BCUT2D eigenvalue weighted by Gasteiger charge is -2.21. The van der Waals surface area contributed by atoms with Crippen LogP contribution in [0.2, 0.25) is 0 Å². The smallest absolute Gasteiger partial charge is 0.121 e. The van der Waals surface area contributed by atoms with Crippen molar-refractivity contribution in [2.24, 2.45) is 5.92 Å². The van der Waals surface area contributed by atoms with E-state index in [1.54, 1.807) is 12.1 Å². The van der Waals surface area contributed by atoms with Gasteiger partial charge in [-0.05, 0) is 55.8 Å². The summed E-state index contributed by atoms with van der Waals surface area (Å²) in [6, 6.07) is 4.85. The lowest BCUT2D eigenvalue weighted by atomic mass is 9.90. The van der Waals surface area contributed by atoms with Crippen LogP contribution in [0.3, 0.4) is 0 Å². The van der Waals surface area contributed by atoms with Crippen LogP contribution < -0.4 is 5.32 Å². The van der Waals surface area contributed by atoms with E-state index in [1.807, 2.05) is 0 Å². The van der Waals surface area contributed by atoms with Crippen LogP contribution >= 0.6 is 0 Å². The number of nitrogens with one attached hydrogen (secondary N) is 1. The van der Waals surface area contributed by atoms with Crippen LogP contribution in [0.5, 0.6) is 5.75 Å². The van der Waals surface area contributed by atoms with Crippen LogP contribution in [-0.2, 0) is 11.3 Å². The Labute approximate surface area is 163 Å². The Bertz CT molecular complexity index is 517. The lowest BCUT2D eigenvalue weighted by Crippen LogP contribution is -2.22. The molecular formula is C22H37NO4. The highest BCUT2D eigenvalue weighted by Gasteiger charge is 2.13. The second-order valence-electron chi connectivity index (χ2n) is 7.76. The summed E-state index contributed by atoms with van der Waals surface area (Å²) in [5.74, 6) is 0.862. The molecule has 1 aliphatic rings. The summed E-state index contributed by atoms with van der Waals surface area (Å²) in [6.45, 7) is 2.96. The molecule has 0 saturated heterocycles. The van der Waals surface area contributed by atoms with Crippen LogP contribution in [0.1, 0.15) is 75.0 Å². The largest absolute Gasteiger partial charge is 0.508 e. The maximum absolute atomic E-state index is 10.2. The molecule has 1 aliphatic carbocycles. The quantitative estimate of drug-likeness (QED) is 0.393. The molecule has 2 rings (SSSR count). The van der Waals surface area contributed by atoms with Gasteiger partial charge >= 0.3 is 0 Å². The van der Waals surface area contributed by atoms with Gasteiger partial charge < -0.3 is 25.4 Å². The van der Waals surface area contributed by atoms with Crippen LogP contribution in [0.15, 0.2) is 18.2 Å². The van der Waals surface area contributed by atoms with Crippen molar-refractivity contribution in [2.45, 2.75) is 70.5 Å². The van der Waals surface area contributed by atoms with Crippen molar-refractivity contribution in [3.05, 3.63) is 29.3 Å². The van der Waals surface area contributed by atoms with E-state index in [1.165, 1.54) is 51.0 Å². The third-order valence-electron chi connectivity index (χ3n) is 5.47. The Morgan fingerprint density at radius 3 is 2.63 bits per heavy atom. The Balaban J connectivity index is 1.44. The Kier molecular flexibility index (Phi) is 10.8. The minimum atomic E-state index is -0.635. The summed E-state index contributed by atoms with van der Waals surface area (Å²) in [5.41, 5.74) is 1.15. The molecule has 5 nitrogen and oxygen atoms in total. The number of unbranched alkanes of at least 4 members (excludes halogenated alkanes) is 3. The second kappa shape index (κ2) is 13.1. The predicted octanol–water partition coefficient (Wildman–Crippen LogP) is 3.66. The average molecular weight is 380 g/mol. The van der Waals surface area contributed by atoms with Gasteiger partial charge in [0.1, 0.15) is 5.75 Å². The summed E-state index contributed by atoms with van der Waals surface area (Å²) >= 11 is 0. The van der Waals surface area contributed by atoms with Crippen molar-refractivity contribution in [1.82, 2.24) is 5.32 Å². The van der Waals surface area contributed by atoms with Gasteiger partial charge in [0, 0.05) is 25.3 Å². The van der Waals surface area contributed by atoms with Crippen LogP contribution in [-0.4, -0.2) is 41.6 Å². The van der Waals surface area contributed by atoms with Gasteiger partial charge in [-0.2, -0.15) is 0 Å². The summed E-state index contributed by atoms with van der Waals surface area (Å²) in [6.07, 6.45) is 10.8. The highest BCUT2D eigenvalue weighted by atomic mass is 16.5. The van der Waals surface area contributed by atoms with E-state index < -0.39 is 6.10 Å². The number of rotatable bonds is 13. The van der Waals surface area contributed by atoms with Crippen molar-refractivity contribution in [2.75, 3.05) is 26.3 Å². The topological polar surface area (TPSA) is 82.0 Å². The van der Waals surface area contributed by atoms with Crippen LogP contribution in [0.25, 0.3) is 0 Å². The van der Waals surface area contributed by atoms with Crippen LogP contribution in [0, 0.1) is 5.92 Å².